The van der Waals surface area contributed by atoms with Crippen LogP contribution in [0.4, 0.5) is 5.69 Å². The summed E-state index contributed by atoms with van der Waals surface area (Å²) in [5, 5.41) is 4.64. The van der Waals surface area contributed by atoms with Crippen LogP contribution in [0.5, 0.6) is 0 Å². The number of fused-ring (bicyclic) bond motifs is 1. The molecule has 2 heteroatoms. The molecule has 0 fully saturated rings. The molecule has 0 aliphatic heterocycles. The van der Waals surface area contributed by atoms with Crippen LogP contribution in [0, 0.1) is 6.92 Å². The number of hydrogen-bond donors (Lipinski definition) is 1. The SMILES string of the molecule is CCCc1cccc2c(NC)c(C(C)C)c(C)nc12. The largest absolute Gasteiger partial charge is 0.387 e. The molecule has 1 aromatic carbocycles. The number of para-hydroxylation sites is 1. The van der Waals surface area contributed by atoms with Gasteiger partial charge in [-0.3, -0.25) is 4.98 Å². The van der Waals surface area contributed by atoms with E-state index in [9.17, 15) is 0 Å². The van der Waals surface area contributed by atoms with Crippen molar-refractivity contribution in [2.24, 2.45) is 0 Å². The number of rotatable bonds is 4. The second-order valence-corrected chi connectivity index (χ2v) is 5.45. The highest BCUT2D eigenvalue weighted by Gasteiger charge is 2.15. The van der Waals surface area contributed by atoms with Crippen molar-refractivity contribution in [2.45, 2.75) is 46.5 Å². The lowest BCUT2D eigenvalue weighted by atomic mass is 9.95. The van der Waals surface area contributed by atoms with Gasteiger partial charge in [-0.25, -0.2) is 0 Å². The zero-order chi connectivity index (χ0) is 14.0. The second kappa shape index (κ2) is 5.60. The Morgan fingerprint density at radius 1 is 1.26 bits per heavy atom. The number of aryl methyl sites for hydroxylation is 2. The molecule has 1 aromatic heterocycles. The summed E-state index contributed by atoms with van der Waals surface area (Å²) in [7, 11) is 2.01. The van der Waals surface area contributed by atoms with Crippen molar-refractivity contribution in [3.63, 3.8) is 0 Å². The molecule has 0 aliphatic carbocycles. The van der Waals surface area contributed by atoms with Gasteiger partial charge in [-0.1, -0.05) is 45.4 Å². The van der Waals surface area contributed by atoms with Crippen molar-refractivity contribution >= 4 is 16.6 Å². The zero-order valence-corrected chi connectivity index (χ0v) is 12.7. The van der Waals surface area contributed by atoms with Gasteiger partial charge in [0.25, 0.3) is 0 Å². The van der Waals surface area contributed by atoms with Crippen molar-refractivity contribution in [3.05, 3.63) is 35.0 Å². The van der Waals surface area contributed by atoms with Crippen molar-refractivity contribution in [1.29, 1.82) is 0 Å². The molecule has 2 rings (SSSR count). The molecule has 0 atom stereocenters. The Labute approximate surface area is 116 Å². The fourth-order valence-corrected chi connectivity index (χ4v) is 2.93. The quantitative estimate of drug-likeness (QED) is 0.860. The number of anilines is 1. The first kappa shape index (κ1) is 13.9. The molecule has 0 bridgehead atoms. The molecule has 2 aromatic rings. The van der Waals surface area contributed by atoms with Crippen molar-refractivity contribution in [2.75, 3.05) is 12.4 Å². The van der Waals surface area contributed by atoms with E-state index >= 15 is 0 Å². The third-order valence-corrected chi connectivity index (χ3v) is 3.67. The third-order valence-electron chi connectivity index (χ3n) is 3.67. The summed E-state index contributed by atoms with van der Waals surface area (Å²) in [6, 6.07) is 6.53. The number of pyridine rings is 1. The van der Waals surface area contributed by atoms with Crippen LogP contribution in [-0.2, 0) is 6.42 Å². The minimum atomic E-state index is 0.481. The highest BCUT2D eigenvalue weighted by molar-refractivity contribution is 5.95. The van der Waals surface area contributed by atoms with Crippen LogP contribution in [-0.4, -0.2) is 12.0 Å². The summed E-state index contributed by atoms with van der Waals surface area (Å²) in [4.78, 5) is 4.88. The number of aromatic nitrogens is 1. The Balaban J connectivity index is 2.80. The second-order valence-electron chi connectivity index (χ2n) is 5.45. The fraction of sp³-hybridized carbons (Fsp3) is 0.471. The molecule has 2 nitrogen and oxygen atoms in total. The maximum absolute atomic E-state index is 4.88. The number of nitrogens with one attached hydrogen (secondary N) is 1. The minimum Gasteiger partial charge on any atom is -0.387 e. The maximum Gasteiger partial charge on any atom is 0.0758 e. The van der Waals surface area contributed by atoms with Gasteiger partial charge >= 0.3 is 0 Å². The first-order valence-electron chi connectivity index (χ1n) is 7.20. The van der Waals surface area contributed by atoms with Crippen molar-refractivity contribution in [1.82, 2.24) is 4.98 Å². The summed E-state index contributed by atoms with van der Waals surface area (Å²) in [6.07, 6.45) is 2.24. The average molecular weight is 256 g/mol. The standard InChI is InChI=1S/C17H24N2/c1-6-8-13-9-7-10-14-16(13)19-12(4)15(11(2)3)17(14)18-5/h7,9-11H,6,8H2,1-5H3,(H,18,19). The molecule has 0 aliphatic rings. The predicted octanol–water partition coefficient (Wildman–Crippen LogP) is 4.66. The summed E-state index contributed by atoms with van der Waals surface area (Å²) < 4.78 is 0. The van der Waals surface area contributed by atoms with Gasteiger partial charge in [-0.15, -0.1) is 0 Å². The van der Waals surface area contributed by atoms with Crippen LogP contribution in [0.1, 0.15) is 49.9 Å². The van der Waals surface area contributed by atoms with E-state index in [1.165, 1.54) is 22.2 Å². The number of nitrogens with zero attached hydrogens (tertiary/aromatic N) is 1. The van der Waals surface area contributed by atoms with Crippen LogP contribution >= 0.6 is 0 Å². The molecule has 0 saturated heterocycles. The Kier molecular flexibility index (Phi) is 4.08. The number of hydrogen-bond acceptors (Lipinski definition) is 2. The molecule has 0 unspecified atom stereocenters. The lowest BCUT2D eigenvalue weighted by Gasteiger charge is -2.19. The minimum absolute atomic E-state index is 0.481. The summed E-state index contributed by atoms with van der Waals surface area (Å²) in [5.74, 6) is 0.481. The smallest absolute Gasteiger partial charge is 0.0758 e. The normalized spacial score (nSPS) is 11.3. The molecule has 0 spiro atoms. The zero-order valence-electron chi connectivity index (χ0n) is 12.7. The lowest BCUT2D eigenvalue weighted by Crippen LogP contribution is -2.05. The van der Waals surface area contributed by atoms with E-state index in [1.807, 2.05) is 7.05 Å². The topological polar surface area (TPSA) is 24.9 Å². The van der Waals surface area contributed by atoms with Gasteiger partial charge in [0.1, 0.15) is 0 Å². The van der Waals surface area contributed by atoms with Gasteiger partial charge in [0.05, 0.1) is 5.52 Å². The van der Waals surface area contributed by atoms with E-state index in [-0.39, 0.29) is 0 Å². The van der Waals surface area contributed by atoms with Gasteiger partial charge in [-0.2, -0.15) is 0 Å². The van der Waals surface area contributed by atoms with Gasteiger partial charge in [0.15, 0.2) is 0 Å². The van der Waals surface area contributed by atoms with Crippen LogP contribution < -0.4 is 5.32 Å². The van der Waals surface area contributed by atoms with Gasteiger partial charge < -0.3 is 5.32 Å². The van der Waals surface area contributed by atoms with Crippen molar-refractivity contribution < 1.29 is 0 Å². The van der Waals surface area contributed by atoms with E-state index < -0.39 is 0 Å². The van der Waals surface area contributed by atoms with E-state index in [2.05, 4.69) is 51.2 Å². The highest BCUT2D eigenvalue weighted by atomic mass is 14.9. The lowest BCUT2D eigenvalue weighted by molar-refractivity contribution is 0.848. The Hall–Kier alpha value is -1.57. The highest BCUT2D eigenvalue weighted by Crippen LogP contribution is 2.34. The molecular weight excluding hydrogens is 232 g/mol. The Morgan fingerprint density at radius 3 is 2.58 bits per heavy atom. The van der Waals surface area contributed by atoms with Crippen LogP contribution in [0.2, 0.25) is 0 Å². The fourth-order valence-electron chi connectivity index (χ4n) is 2.93. The van der Waals surface area contributed by atoms with Gasteiger partial charge in [0.2, 0.25) is 0 Å². The molecule has 102 valence electrons. The molecular formula is C17H24N2. The Morgan fingerprint density at radius 2 is 2.00 bits per heavy atom. The summed E-state index contributed by atoms with van der Waals surface area (Å²) >= 11 is 0. The molecule has 19 heavy (non-hydrogen) atoms. The van der Waals surface area contributed by atoms with Gasteiger partial charge in [-0.05, 0) is 30.4 Å². The first-order chi connectivity index (χ1) is 9.10. The Bertz CT molecular complexity index is 585. The average Bonchev–Trinajstić information content (AvgIpc) is 2.38. The number of benzene rings is 1. The van der Waals surface area contributed by atoms with Crippen molar-refractivity contribution in [3.8, 4) is 0 Å². The summed E-state index contributed by atoms with van der Waals surface area (Å²) in [6.45, 7) is 8.80. The van der Waals surface area contributed by atoms with Crippen LogP contribution in [0.15, 0.2) is 18.2 Å². The van der Waals surface area contributed by atoms with E-state index in [4.69, 9.17) is 4.98 Å². The monoisotopic (exact) mass is 256 g/mol. The van der Waals surface area contributed by atoms with E-state index in [0.29, 0.717) is 5.92 Å². The molecule has 1 heterocycles. The van der Waals surface area contributed by atoms with Gasteiger partial charge in [0, 0.05) is 23.8 Å². The third kappa shape index (κ3) is 2.44. The first-order valence-corrected chi connectivity index (χ1v) is 7.20. The molecule has 1 N–H and O–H groups in total. The van der Waals surface area contributed by atoms with Crippen LogP contribution in [0.25, 0.3) is 10.9 Å². The molecule has 0 amide bonds. The van der Waals surface area contributed by atoms with E-state index in [0.717, 1.165) is 24.1 Å². The molecule has 0 radical (unpaired) electrons. The maximum atomic E-state index is 4.88. The molecule has 0 saturated carbocycles. The van der Waals surface area contributed by atoms with Crippen LogP contribution in [0.3, 0.4) is 0 Å². The predicted molar refractivity (Wildman–Crippen MR) is 84.1 cm³/mol. The summed E-state index contributed by atoms with van der Waals surface area (Å²) in [5.41, 5.74) is 6.25. The van der Waals surface area contributed by atoms with E-state index in [1.54, 1.807) is 0 Å².